The summed E-state index contributed by atoms with van der Waals surface area (Å²) in [5.74, 6) is 0. The van der Waals surface area contributed by atoms with Gasteiger partial charge in [-0.05, 0) is 48.0 Å². The Morgan fingerprint density at radius 3 is 2.58 bits per heavy atom. The minimum absolute atomic E-state index is 0.305. The Morgan fingerprint density at radius 1 is 0.885 bits per heavy atom. The van der Waals surface area contributed by atoms with Gasteiger partial charge < -0.3 is 11.1 Å². The summed E-state index contributed by atoms with van der Waals surface area (Å²) in [4.78, 5) is 8.57. The average molecular weight is 381 g/mol. The Balaban J connectivity index is 1.80. The molecule has 2 heterocycles. The van der Waals surface area contributed by atoms with Gasteiger partial charge in [-0.15, -0.1) is 0 Å². The van der Waals surface area contributed by atoms with Crippen LogP contribution in [0.3, 0.4) is 0 Å². The molecular weight excluding hydrogens is 367 g/mol. The second kappa shape index (κ2) is 6.83. The van der Waals surface area contributed by atoms with Crippen LogP contribution >= 0.6 is 23.2 Å². The summed E-state index contributed by atoms with van der Waals surface area (Å²) in [6.45, 7) is 0. The highest BCUT2D eigenvalue weighted by Crippen LogP contribution is 2.31. The van der Waals surface area contributed by atoms with Gasteiger partial charge in [0.05, 0.1) is 11.2 Å². The molecular formula is C20H14Cl2N4. The second-order valence-corrected chi connectivity index (χ2v) is 6.62. The van der Waals surface area contributed by atoms with Gasteiger partial charge in [-0.3, -0.25) is 4.98 Å². The van der Waals surface area contributed by atoms with Crippen molar-refractivity contribution in [3.63, 3.8) is 0 Å². The highest BCUT2D eigenvalue weighted by Gasteiger charge is 2.07. The first-order valence-corrected chi connectivity index (χ1v) is 8.68. The number of aromatic nitrogens is 2. The molecule has 0 aliphatic heterocycles. The van der Waals surface area contributed by atoms with Crippen molar-refractivity contribution in [1.82, 2.24) is 9.97 Å². The quantitative estimate of drug-likeness (QED) is 0.432. The van der Waals surface area contributed by atoms with Gasteiger partial charge in [0.15, 0.2) is 5.15 Å². The summed E-state index contributed by atoms with van der Waals surface area (Å²) in [5.41, 5.74) is 10.9. The van der Waals surface area contributed by atoms with Crippen LogP contribution in [0.15, 0.2) is 67.0 Å². The Labute approximate surface area is 160 Å². The second-order valence-electron chi connectivity index (χ2n) is 5.83. The predicted molar refractivity (Wildman–Crippen MR) is 109 cm³/mol. The highest BCUT2D eigenvalue weighted by atomic mass is 35.5. The van der Waals surface area contributed by atoms with Crippen LogP contribution in [0.1, 0.15) is 0 Å². The summed E-state index contributed by atoms with van der Waals surface area (Å²) in [5, 5.41) is 5.37. The fourth-order valence-corrected chi connectivity index (χ4v) is 3.07. The van der Waals surface area contributed by atoms with E-state index in [4.69, 9.17) is 28.9 Å². The molecule has 6 heteroatoms. The number of fused-ring (bicyclic) bond motifs is 1. The molecule has 0 aliphatic carbocycles. The van der Waals surface area contributed by atoms with E-state index < -0.39 is 0 Å². The highest BCUT2D eigenvalue weighted by molar-refractivity contribution is 6.32. The van der Waals surface area contributed by atoms with Crippen LogP contribution in [0, 0.1) is 0 Å². The number of nitrogens with zero attached hydrogens (tertiary/aromatic N) is 2. The van der Waals surface area contributed by atoms with Crippen molar-refractivity contribution in [3.05, 3.63) is 77.2 Å². The lowest BCUT2D eigenvalue weighted by Crippen LogP contribution is -1.94. The number of anilines is 3. The number of pyridine rings is 2. The van der Waals surface area contributed by atoms with Gasteiger partial charge in [-0.2, -0.15) is 0 Å². The predicted octanol–water partition coefficient (Wildman–Crippen LogP) is 5.93. The van der Waals surface area contributed by atoms with Crippen molar-refractivity contribution < 1.29 is 0 Å². The molecule has 4 aromatic rings. The lowest BCUT2D eigenvalue weighted by Gasteiger charge is -2.11. The topological polar surface area (TPSA) is 63.8 Å². The summed E-state index contributed by atoms with van der Waals surface area (Å²) < 4.78 is 0. The molecule has 4 nitrogen and oxygen atoms in total. The van der Waals surface area contributed by atoms with Gasteiger partial charge in [0.1, 0.15) is 0 Å². The van der Waals surface area contributed by atoms with E-state index in [0.717, 1.165) is 33.4 Å². The summed E-state index contributed by atoms with van der Waals surface area (Å²) in [7, 11) is 0. The standard InChI is InChI=1S/C20H14Cl2N4/c21-14-2-1-3-15(10-14)26-19-6-7-24-18-5-4-12(8-16(18)19)13-9-17(23)20(22)25-11-13/h1-11H,23H2,(H,24,26). The van der Waals surface area contributed by atoms with E-state index in [1.807, 2.05) is 48.5 Å². The number of nitrogens with one attached hydrogen (secondary N) is 1. The van der Waals surface area contributed by atoms with Crippen LogP contribution in [0.2, 0.25) is 10.2 Å². The van der Waals surface area contributed by atoms with Crippen LogP contribution in [0.25, 0.3) is 22.0 Å². The third-order valence-electron chi connectivity index (χ3n) is 4.04. The number of nitrogens with two attached hydrogens (primary N) is 1. The van der Waals surface area contributed by atoms with E-state index in [1.165, 1.54) is 0 Å². The minimum atomic E-state index is 0.305. The summed E-state index contributed by atoms with van der Waals surface area (Å²) >= 11 is 12.0. The van der Waals surface area contributed by atoms with Crippen LogP contribution in [-0.2, 0) is 0 Å². The zero-order valence-corrected chi connectivity index (χ0v) is 15.1. The molecule has 2 aromatic carbocycles. The van der Waals surface area contributed by atoms with Crippen molar-refractivity contribution in [1.29, 1.82) is 0 Å². The number of hydrogen-bond acceptors (Lipinski definition) is 4. The molecule has 3 N–H and O–H groups in total. The molecule has 0 saturated heterocycles. The minimum Gasteiger partial charge on any atom is -0.396 e. The third-order valence-corrected chi connectivity index (χ3v) is 4.60. The number of rotatable bonds is 3. The molecule has 0 spiro atoms. The average Bonchev–Trinajstić information content (AvgIpc) is 2.64. The number of benzene rings is 2. The van der Waals surface area contributed by atoms with Gasteiger partial charge >= 0.3 is 0 Å². The lowest BCUT2D eigenvalue weighted by molar-refractivity contribution is 1.33. The van der Waals surface area contributed by atoms with Crippen molar-refractivity contribution >= 4 is 51.2 Å². The Morgan fingerprint density at radius 2 is 1.77 bits per heavy atom. The fraction of sp³-hybridized carbons (Fsp3) is 0. The van der Waals surface area contributed by atoms with Crippen LogP contribution < -0.4 is 11.1 Å². The first kappa shape index (κ1) is 16.6. The van der Waals surface area contributed by atoms with Gasteiger partial charge in [0.2, 0.25) is 0 Å². The Hall–Kier alpha value is -2.82. The van der Waals surface area contributed by atoms with E-state index in [1.54, 1.807) is 12.4 Å². The van der Waals surface area contributed by atoms with E-state index in [0.29, 0.717) is 15.9 Å². The smallest absolute Gasteiger partial charge is 0.151 e. The molecule has 0 aliphatic rings. The van der Waals surface area contributed by atoms with Crippen molar-refractivity contribution in [3.8, 4) is 11.1 Å². The van der Waals surface area contributed by atoms with E-state index in [2.05, 4.69) is 21.4 Å². The van der Waals surface area contributed by atoms with E-state index in [9.17, 15) is 0 Å². The van der Waals surface area contributed by atoms with Crippen LogP contribution in [-0.4, -0.2) is 9.97 Å². The molecule has 4 rings (SSSR count). The maximum atomic E-state index is 6.08. The Kier molecular flexibility index (Phi) is 4.37. The zero-order chi connectivity index (χ0) is 18.1. The summed E-state index contributed by atoms with van der Waals surface area (Å²) in [6.07, 6.45) is 3.48. The fourth-order valence-electron chi connectivity index (χ4n) is 2.78. The number of hydrogen-bond donors (Lipinski definition) is 2. The van der Waals surface area contributed by atoms with Gasteiger partial charge in [-0.25, -0.2) is 4.98 Å². The SMILES string of the molecule is Nc1cc(-c2ccc3nccc(Nc4cccc(Cl)c4)c3c2)cnc1Cl. The zero-order valence-electron chi connectivity index (χ0n) is 13.6. The Bertz CT molecular complexity index is 1110. The summed E-state index contributed by atoms with van der Waals surface area (Å²) in [6, 6.07) is 17.3. The molecule has 0 atom stereocenters. The number of nitrogen functional groups attached to an aromatic ring is 1. The molecule has 0 radical (unpaired) electrons. The van der Waals surface area contributed by atoms with E-state index in [-0.39, 0.29) is 0 Å². The van der Waals surface area contributed by atoms with Crippen molar-refractivity contribution in [2.45, 2.75) is 0 Å². The van der Waals surface area contributed by atoms with Gasteiger partial charge in [-0.1, -0.05) is 35.3 Å². The van der Waals surface area contributed by atoms with Gasteiger partial charge in [0, 0.05) is 39.7 Å². The normalized spacial score (nSPS) is 10.8. The molecule has 26 heavy (non-hydrogen) atoms. The molecule has 128 valence electrons. The van der Waals surface area contributed by atoms with Crippen molar-refractivity contribution in [2.75, 3.05) is 11.1 Å². The maximum Gasteiger partial charge on any atom is 0.151 e. The van der Waals surface area contributed by atoms with Crippen LogP contribution in [0.4, 0.5) is 17.1 Å². The van der Waals surface area contributed by atoms with E-state index >= 15 is 0 Å². The maximum absolute atomic E-state index is 6.08. The lowest BCUT2D eigenvalue weighted by atomic mass is 10.0. The third kappa shape index (κ3) is 3.29. The molecule has 2 aromatic heterocycles. The molecule has 0 bridgehead atoms. The molecule has 0 unspecified atom stereocenters. The first-order chi connectivity index (χ1) is 12.6. The monoisotopic (exact) mass is 380 g/mol. The molecule has 0 amide bonds. The van der Waals surface area contributed by atoms with Gasteiger partial charge in [0.25, 0.3) is 0 Å². The molecule has 0 saturated carbocycles. The van der Waals surface area contributed by atoms with Crippen molar-refractivity contribution in [2.24, 2.45) is 0 Å². The largest absolute Gasteiger partial charge is 0.396 e. The molecule has 0 fully saturated rings. The first-order valence-electron chi connectivity index (χ1n) is 7.93. The van der Waals surface area contributed by atoms with Crippen LogP contribution in [0.5, 0.6) is 0 Å². The number of halogens is 2.